The molecule has 2 aliphatic rings. The number of hydrogen-bond acceptors (Lipinski definition) is 7. The molecule has 2 fully saturated rings. The van der Waals surface area contributed by atoms with Crippen LogP contribution >= 0.6 is 11.8 Å². The van der Waals surface area contributed by atoms with Gasteiger partial charge >= 0.3 is 6.03 Å². The second kappa shape index (κ2) is 8.15. The number of aromatic nitrogens is 3. The van der Waals surface area contributed by atoms with Gasteiger partial charge in [-0.15, -0.1) is 10.2 Å². The van der Waals surface area contributed by atoms with E-state index in [1.54, 1.807) is 16.7 Å². The van der Waals surface area contributed by atoms with Gasteiger partial charge in [0.25, 0.3) is 0 Å². The summed E-state index contributed by atoms with van der Waals surface area (Å²) in [7, 11) is 0. The molecule has 28 heavy (non-hydrogen) atoms. The zero-order valence-corrected chi connectivity index (χ0v) is 15.8. The van der Waals surface area contributed by atoms with Crippen molar-refractivity contribution < 1.29 is 18.7 Å². The quantitative estimate of drug-likeness (QED) is 0.737. The Balaban J connectivity index is 1.60. The van der Waals surface area contributed by atoms with Gasteiger partial charge in [-0.2, -0.15) is 0 Å². The van der Waals surface area contributed by atoms with Crippen LogP contribution in [0.4, 0.5) is 15.1 Å². The Bertz CT molecular complexity index is 886. The van der Waals surface area contributed by atoms with Gasteiger partial charge in [-0.25, -0.2) is 9.18 Å². The number of nitrogens with zero attached hydrogens (tertiary/aromatic N) is 5. The van der Waals surface area contributed by atoms with E-state index in [4.69, 9.17) is 4.74 Å². The van der Waals surface area contributed by atoms with Crippen LogP contribution in [0.5, 0.6) is 0 Å². The van der Waals surface area contributed by atoms with Gasteiger partial charge in [-0.1, -0.05) is 17.8 Å². The molecule has 0 atom stereocenters. The zero-order valence-electron chi connectivity index (χ0n) is 15.0. The molecule has 148 valence electrons. The molecule has 0 saturated carbocycles. The zero-order chi connectivity index (χ0) is 19.5. The number of imide groups is 1. The minimum Gasteiger partial charge on any atom is -0.378 e. The molecule has 0 aliphatic carbocycles. The third-order valence-electron chi connectivity index (χ3n) is 4.46. The van der Waals surface area contributed by atoms with Crippen LogP contribution in [0.1, 0.15) is 0 Å². The van der Waals surface area contributed by atoms with Crippen molar-refractivity contribution in [3.05, 3.63) is 30.1 Å². The normalized spacial score (nSPS) is 17.1. The Morgan fingerprint density at radius 1 is 1.25 bits per heavy atom. The molecular formula is C17H19FN6O3S. The lowest BCUT2D eigenvalue weighted by molar-refractivity contribution is -0.124. The number of nitrogens with one attached hydrogen (secondary N) is 1. The second-order valence-corrected chi connectivity index (χ2v) is 7.21. The molecule has 3 amide bonds. The topological polar surface area (TPSA) is 92.6 Å². The molecule has 1 aromatic heterocycles. The molecule has 2 aliphatic heterocycles. The van der Waals surface area contributed by atoms with Gasteiger partial charge < -0.3 is 15.0 Å². The van der Waals surface area contributed by atoms with E-state index in [0.29, 0.717) is 56.2 Å². The Morgan fingerprint density at radius 3 is 2.79 bits per heavy atom. The maximum atomic E-state index is 13.8. The minimum absolute atomic E-state index is 0.0317. The first-order valence-electron chi connectivity index (χ1n) is 8.88. The predicted molar refractivity (Wildman–Crippen MR) is 100 cm³/mol. The van der Waals surface area contributed by atoms with Crippen molar-refractivity contribution in [3.8, 4) is 5.69 Å². The molecular weight excluding hydrogens is 387 g/mol. The number of morpholine rings is 1. The minimum atomic E-state index is -0.383. The number of rotatable bonds is 5. The summed E-state index contributed by atoms with van der Waals surface area (Å²) in [5.74, 6) is -0.0753. The number of anilines is 1. The third kappa shape index (κ3) is 3.80. The van der Waals surface area contributed by atoms with Gasteiger partial charge in [-0.3, -0.25) is 14.3 Å². The summed E-state index contributed by atoms with van der Waals surface area (Å²) in [6.45, 7) is 3.24. The van der Waals surface area contributed by atoms with Crippen LogP contribution in [0.15, 0.2) is 29.4 Å². The molecule has 1 aromatic carbocycles. The van der Waals surface area contributed by atoms with Crippen LogP contribution in [-0.2, 0) is 9.53 Å². The van der Waals surface area contributed by atoms with Gasteiger partial charge in [0, 0.05) is 26.2 Å². The van der Waals surface area contributed by atoms with Crippen LogP contribution in [0, 0.1) is 5.82 Å². The van der Waals surface area contributed by atoms with Crippen LogP contribution in [-0.4, -0.2) is 76.7 Å². The lowest BCUT2D eigenvalue weighted by Gasteiger charge is -2.27. The molecule has 9 nitrogen and oxygen atoms in total. The van der Waals surface area contributed by atoms with E-state index in [-0.39, 0.29) is 23.5 Å². The van der Waals surface area contributed by atoms with E-state index in [1.165, 1.54) is 28.8 Å². The van der Waals surface area contributed by atoms with E-state index in [1.807, 2.05) is 4.90 Å². The fourth-order valence-electron chi connectivity index (χ4n) is 3.08. The van der Waals surface area contributed by atoms with Crippen molar-refractivity contribution in [2.75, 3.05) is 50.0 Å². The first-order valence-corrected chi connectivity index (χ1v) is 9.87. The number of amides is 3. The van der Waals surface area contributed by atoms with Crippen molar-refractivity contribution in [1.82, 2.24) is 25.0 Å². The van der Waals surface area contributed by atoms with E-state index < -0.39 is 0 Å². The standard InChI is InChI=1S/C17H19FN6O3S/c18-12-2-1-3-13(10-12)24-15(22-6-8-27-9-7-22)20-21-17(24)28-11-14(25)23-5-4-19-16(23)26/h1-3,10H,4-9,11H2,(H,19,26). The first-order chi connectivity index (χ1) is 13.6. The summed E-state index contributed by atoms with van der Waals surface area (Å²) < 4.78 is 20.9. The van der Waals surface area contributed by atoms with E-state index in [9.17, 15) is 14.0 Å². The van der Waals surface area contributed by atoms with Crippen LogP contribution in [0.3, 0.4) is 0 Å². The lowest BCUT2D eigenvalue weighted by Crippen LogP contribution is -2.38. The maximum absolute atomic E-state index is 13.8. The summed E-state index contributed by atoms with van der Waals surface area (Å²) in [6.07, 6.45) is 0. The molecule has 0 radical (unpaired) electrons. The molecule has 0 unspecified atom stereocenters. The molecule has 1 N–H and O–H groups in total. The highest BCUT2D eigenvalue weighted by molar-refractivity contribution is 7.99. The molecule has 0 bridgehead atoms. The van der Waals surface area contributed by atoms with E-state index >= 15 is 0 Å². The second-order valence-electron chi connectivity index (χ2n) is 6.26. The van der Waals surface area contributed by atoms with Gasteiger partial charge in [0.1, 0.15) is 5.82 Å². The number of halogens is 1. The summed E-state index contributed by atoms with van der Waals surface area (Å²) in [5.41, 5.74) is 0.570. The molecule has 4 rings (SSSR count). The Hall–Kier alpha value is -2.66. The van der Waals surface area contributed by atoms with Crippen molar-refractivity contribution in [2.45, 2.75) is 5.16 Å². The fraction of sp³-hybridized carbons (Fsp3) is 0.412. The average molecular weight is 406 g/mol. The number of carbonyl (C=O) groups is 2. The Kier molecular flexibility index (Phi) is 5.44. The summed E-state index contributed by atoms with van der Waals surface area (Å²) in [5, 5.41) is 11.5. The number of benzene rings is 1. The number of hydrogen-bond donors (Lipinski definition) is 1. The molecule has 11 heteroatoms. The number of carbonyl (C=O) groups excluding carboxylic acids is 2. The van der Waals surface area contributed by atoms with E-state index in [2.05, 4.69) is 15.5 Å². The van der Waals surface area contributed by atoms with Crippen LogP contribution in [0.25, 0.3) is 5.69 Å². The van der Waals surface area contributed by atoms with Gasteiger partial charge in [-0.05, 0) is 18.2 Å². The van der Waals surface area contributed by atoms with Crippen molar-refractivity contribution in [2.24, 2.45) is 0 Å². The van der Waals surface area contributed by atoms with Gasteiger partial charge in [0.05, 0.1) is 24.7 Å². The van der Waals surface area contributed by atoms with Crippen molar-refractivity contribution in [3.63, 3.8) is 0 Å². The lowest BCUT2D eigenvalue weighted by atomic mass is 10.3. The van der Waals surface area contributed by atoms with Crippen molar-refractivity contribution in [1.29, 1.82) is 0 Å². The maximum Gasteiger partial charge on any atom is 0.324 e. The van der Waals surface area contributed by atoms with Crippen LogP contribution < -0.4 is 10.2 Å². The highest BCUT2D eigenvalue weighted by Crippen LogP contribution is 2.27. The average Bonchev–Trinajstić information content (AvgIpc) is 3.33. The number of urea groups is 1. The monoisotopic (exact) mass is 406 g/mol. The third-order valence-corrected chi connectivity index (χ3v) is 5.37. The number of ether oxygens (including phenoxy) is 1. The SMILES string of the molecule is O=C(CSc1nnc(N2CCOCC2)n1-c1cccc(F)c1)N1CCNC1=O. The first kappa shape index (κ1) is 18.7. The summed E-state index contributed by atoms with van der Waals surface area (Å²) >= 11 is 1.17. The Morgan fingerprint density at radius 2 is 2.07 bits per heavy atom. The van der Waals surface area contributed by atoms with Crippen LogP contribution in [0.2, 0.25) is 0 Å². The fourth-order valence-corrected chi connectivity index (χ4v) is 3.90. The molecule has 3 heterocycles. The highest BCUT2D eigenvalue weighted by atomic mass is 32.2. The van der Waals surface area contributed by atoms with Gasteiger partial charge in [0.2, 0.25) is 11.9 Å². The summed E-state index contributed by atoms with van der Waals surface area (Å²) in [6, 6.07) is 5.75. The Labute approximate surface area is 164 Å². The summed E-state index contributed by atoms with van der Waals surface area (Å²) in [4.78, 5) is 27.2. The van der Waals surface area contributed by atoms with Crippen molar-refractivity contribution >= 4 is 29.6 Å². The predicted octanol–water partition coefficient (Wildman–Crippen LogP) is 0.887. The molecule has 2 saturated heterocycles. The largest absolute Gasteiger partial charge is 0.378 e. The highest BCUT2D eigenvalue weighted by Gasteiger charge is 2.27. The molecule has 2 aromatic rings. The number of thioether (sulfide) groups is 1. The van der Waals surface area contributed by atoms with Gasteiger partial charge in [0.15, 0.2) is 5.16 Å². The molecule has 0 spiro atoms. The van der Waals surface area contributed by atoms with E-state index in [0.717, 1.165) is 0 Å². The smallest absolute Gasteiger partial charge is 0.324 e.